The summed E-state index contributed by atoms with van der Waals surface area (Å²) in [7, 11) is 0. The predicted molar refractivity (Wildman–Crippen MR) is 67.2 cm³/mol. The maximum Gasteiger partial charge on any atom is 0.129 e. The van der Waals surface area contributed by atoms with Crippen molar-refractivity contribution in [2.24, 2.45) is 0 Å². The van der Waals surface area contributed by atoms with E-state index in [2.05, 4.69) is 19.2 Å². The summed E-state index contributed by atoms with van der Waals surface area (Å²) >= 11 is 5.95. The fourth-order valence-electron chi connectivity index (χ4n) is 1.75. The second-order valence-corrected chi connectivity index (χ2v) is 4.38. The summed E-state index contributed by atoms with van der Waals surface area (Å²) in [6.45, 7) is 4.79. The van der Waals surface area contributed by atoms with Crippen molar-refractivity contribution in [3.63, 3.8) is 0 Å². The molecule has 0 fully saturated rings. The first-order valence-corrected chi connectivity index (χ1v) is 6.23. The highest BCUT2D eigenvalue weighted by Crippen LogP contribution is 2.19. The van der Waals surface area contributed by atoms with Crippen molar-refractivity contribution in [2.75, 3.05) is 0 Å². The molecule has 0 aliphatic carbocycles. The summed E-state index contributed by atoms with van der Waals surface area (Å²) < 4.78 is 13.5. The second-order valence-electron chi connectivity index (χ2n) is 3.97. The van der Waals surface area contributed by atoms with E-state index in [4.69, 9.17) is 11.6 Å². The molecule has 1 nitrogen and oxygen atoms in total. The van der Waals surface area contributed by atoms with Crippen molar-refractivity contribution in [3.05, 3.63) is 34.6 Å². The second kappa shape index (κ2) is 6.87. The zero-order valence-corrected chi connectivity index (χ0v) is 10.6. The third-order valence-corrected chi connectivity index (χ3v) is 3.11. The average molecular weight is 244 g/mol. The molecule has 0 saturated heterocycles. The molecular formula is C13H19ClFN. The molecule has 0 saturated carbocycles. The zero-order chi connectivity index (χ0) is 12.0. The van der Waals surface area contributed by atoms with Crippen LogP contribution in [0.1, 0.15) is 38.7 Å². The Morgan fingerprint density at radius 1 is 1.38 bits per heavy atom. The van der Waals surface area contributed by atoms with Crippen LogP contribution in [0.15, 0.2) is 18.2 Å². The van der Waals surface area contributed by atoms with Crippen LogP contribution in [0.2, 0.25) is 5.02 Å². The van der Waals surface area contributed by atoms with Crippen LogP contribution in [-0.2, 0) is 6.54 Å². The number of hydrogen-bond donors (Lipinski definition) is 1. The third kappa shape index (κ3) is 3.76. The van der Waals surface area contributed by atoms with Gasteiger partial charge >= 0.3 is 0 Å². The molecule has 0 aromatic heterocycles. The van der Waals surface area contributed by atoms with Gasteiger partial charge in [-0.3, -0.25) is 0 Å². The van der Waals surface area contributed by atoms with E-state index >= 15 is 0 Å². The van der Waals surface area contributed by atoms with Crippen LogP contribution in [0.5, 0.6) is 0 Å². The molecule has 1 rings (SSSR count). The fourth-order valence-corrected chi connectivity index (χ4v) is 1.98. The van der Waals surface area contributed by atoms with Gasteiger partial charge in [0.1, 0.15) is 5.82 Å². The van der Waals surface area contributed by atoms with Crippen molar-refractivity contribution in [1.29, 1.82) is 0 Å². The molecule has 0 aliphatic rings. The van der Waals surface area contributed by atoms with Gasteiger partial charge in [0.05, 0.1) is 0 Å². The first kappa shape index (κ1) is 13.5. The third-order valence-electron chi connectivity index (χ3n) is 2.76. The normalized spacial score (nSPS) is 12.8. The molecule has 1 unspecified atom stereocenters. The van der Waals surface area contributed by atoms with Gasteiger partial charge in [-0.1, -0.05) is 37.9 Å². The average Bonchev–Trinajstić information content (AvgIpc) is 2.27. The first-order chi connectivity index (χ1) is 7.69. The van der Waals surface area contributed by atoms with E-state index < -0.39 is 0 Å². The van der Waals surface area contributed by atoms with E-state index in [0.717, 1.165) is 19.3 Å². The predicted octanol–water partition coefficient (Wildman–Crippen LogP) is 4.15. The molecule has 16 heavy (non-hydrogen) atoms. The van der Waals surface area contributed by atoms with E-state index in [1.807, 2.05) is 0 Å². The molecule has 0 heterocycles. The van der Waals surface area contributed by atoms with Crippen LogP contribution in [0.3, 0.4) is 0 Å². The molecule has 1 N–H and O–H groups in total. The van der Waals surface area contributed by atoms with Crippen LogP contribution < -0.4 is 5.32 Å². The maximum atomic E-state index is 13.5. The Bertz CT molecular complexity index is 307. The van der Waals surface area contributed by atoms with E-state index in [9.17, 15) is 4.39 Å². The topological polar surface area (TPSA) is 12.0 Å². The van der Waals surface area contributed by atoms with Gasteiger partial charge < -0.3 is 5.32 Å². The van der Waals surface area contributed by atoms with Crippen LogP contribution in [0.4, 0.5) is 4.39 Å². The quantitative estimate of drug-likeness (QED) is 0.792. The van der Waals surface area contributed by atoms with E-state index in [1.54, 1.807) is 12.1 Å². The molecule has 3 heteroatoms. The first-order valence-electron chi connectivity index (χ1n) is 5.85. The Morgan fingerprint density at radius 2 is 2.12 bits per heavy atom. The molecular weight excluding hydrogens is 225 g/mol. The maximum absolute atomic E-state index is 13.5. The minimum Gasteiger partial charge on any atom is -0.310 e. The molecule has 0 spiro atoms. The standard InChI is InChI=1S/C13H19ClFN/c1-3-6-10(4-2)16-9-11-12(14)7-5-8-13(11)15/h5,7-8,10,16H,3-4,6,9H2,1-2H3. The van der Waals surface area contributed by atoms with E-state index in [1.165, 1.54) is 6.07 Å². The summed E-state index contributed by atoms with van der Waals surface area (Å²) in [6.07, 6.45) is 3.30. The number of rotatable bonds is 6. The van der Waals surface area contributed by atoms with Crippen molar-refractivity contribution in [3.8, 4) is 0 Å². The summed E-state index contributed by atoms with van der Waals surface area (Å²) in [5, 5.41) is 3.84. The lowest BCUT2D eigenvalue weighted by Crippen LogP contribution is -2.28. The van der Waals surface area contributed by atoms with Gasteiger partial charge in [0, 0.05) is 23.2 Å². The Labute approximate surface area is 102 Å². The molecule has 0 aliphatic heterocycles. The highest BCUT2D eigenvalue weighted by Gasteiger charge is 2.09. The lowest BCUT2D eigenvalue weighted by molar-refractivity contribution is 0.455. The minimum atomic E-state index is -0.230. The molecule has 90 valence electrons. The number of halogens is 2. The van der Waals surface area contributed by atoms with Gasteiger partial charge in [-0.2, -0.15) is 0 Å². The van der Waals surface area contributed by atoms with Crippen LogP contribution >= 0.6 is 11.6 Å². The number of benzene rings is 1. The van der Waals surface area contributed by atoms with E-state index in [0.29, 0.717) is 23.2 Å². The van der Waals surface area contributed by atoms with Crippen LogP contribution in [0, 0.1) is 5.82 Å². The van der Waals surface area contributed by atoms with Crippen LogP contribution in [0.25, 0.3) is 0 Å². The smallest absolute Gasteiger partial charge is 0.129 e. The number of nitrogens with one attached hydrogen (secondary N) is 1. The number of hydrogen-bond acceptors (Lipinski definition) is 1. The fraction of sp³-hybridized carbons (Fsp3) is 0.538. The lowest BCUT2D eigenvalue weighted by atomic mass is 10.1. The van der Waals surface area contributed by atoms with Crippen molar-refractivity contribution >= 4 is 11.6 Å². The highest BCUT2D eigenvalue weighted by molar-refractivity contribution is 6.31. The molecule has 0 radical (unpaired) electrons. The molecule has 1 aromatic rings. The van der Waals surface area contributed by atoms with Gasteiger partial charge in [-0.15, -0.1) is 0 Å². The Balaban J connectivity index is 2.59. The van der Waals surface area contributed by atoms with Crippen molar-refractivity contribution in [2.45, 2.75) is 45.7 Å². The zero-order valence-electron chi connectivity index (χ0n) is 9.89. The molecule has 1 atom stereocenters. The largest absolute Gasteiger partial charge is 0.310 e. The SMILES string of the molecule is CCCC(CC)NCc1c(F)cccc1Cl. The highest BCUT2D eigenvalue weighted by atomic mass is 35.5. The molecule has 0 bridgehead atoms. The van der Waals surface area contributed by atoms with Gasteiger partial charge in [0.15, 0.2) is 0 Å². The lowest BCUT2D eigenvalue weighted by Gasteiger charge is -2.16. The van der Waals surface area contributed by atoms with Gasteiger partial charge in [-0.05, 0) is 25.0 Å². The van der Waals surface area contributed by atoms with E-state index in [-0.39, 0.29) is 5.82 Å². The van der Waals surface area contributed by atoms with Gasteiger partial charge in [0.2, 0.25) is 0 Å². The van der Waals surface area contributed by atoms with Crippen LogP contribution in [-0.4, -0.2) is 6.04 Å². The summed E-state index contributed by atoms with van der Waals surface area (Å²) in [4.78, 5) is 0. The van der Waals surface area contributed by atoms with Crippen molar-refractivity contribution in [1.82, 2.24) is 5.32 Å². The summed E-state index contributed by atoms with van der Waals surface area (Å²) in [5.74, 6) is -0.230. The Morgan fingerprint density at radius 3 is 2.69 bits per heavy atom. The van der Waals surface area contributed by atoms with Crippen molar-refractivity contribution < 1.29 is 4.39 Å². The molecule has 0 amide bonds. The monoisotopic (exact) mass is 243 g/mol. The Hall–Kier alpha value is -0.600. The van der Waals surface area contributed by atoms with Gasteiger partial charge in [0.25, 0.3) is 0 Å². The van der Waals surface area contributed by atoms with Gasteiger partial charge in [-0.25, -0.2) is 4.39 Å². The summed E-state index contributed by atoms with van der Waals surface area (Å²) in [5.41, 5.74) is 0.568. The Kier molecular flexibility index (Phi) is 5.78. The minimum absolute atomic E-state index is 0.230. The summed E-state index contributed by atoms with van der Waals surface area (Å²) in [6, 6.07) is 5.25. The molecule has 1 aromatic carbocycles.